The number of rotatable bonds is 5. The number of para-hydroxylation sites is 1. The Bertz CT molecular complexity index is 831. The van der Waals surface area contributed by atoms with Gasteiger partial charge in [0.25, 0.3) is 5.91 Å². The van der Waals surface area contributed by atoms with Gasteiger partial charge in [-0.25, -0.2) is 4.98 Å². The van der Waals surface area contributed by atoms with E-state index in [4.69, 9.17) is 16.3 Å². The van der Waals surface area contributed by atoms with Gasteiger partial charge in [-0.1, -0.05) is 23.7 Å². The number of carbonyl (C=O) groups excluding carboxylic acids is 1. The highest BCUT2D eigenvalue weighted by atomic mass is 35.5. The topological polar surface area (TPSA) is 58.2 Å². The van der Waals surface area contributed by atoms with Crippen LogP contribution in [0, 0.1) is 0 Å². The number of imidazole rings is 1. The Hall–Kier alpha value is -2.53. The molecule has 0 aliphatic heterocycles. The second kappa shape index (κ2) is 6.71. The third-order valence-electron chi connectivity index (χ3n) is 3.53. The molecule has 0 bridgehead atoms. The number of aromatic nitrogens is 2. The average molecular weight is 330 g/mol. The lowest BCUT2D eigenvalue weighted by Gasteiger charge is -2.18. The molecule has 0 fully saturated rings. The molecule has 3 rings (SSSR count). The highest BCUT2D eigenvalue weighted by molar-refractivity contribution is 6.32. The Morgan fingerprint density at radius 3 is 2.96 bits per heavy atom. The zero-order valence-electron chi connectivity index (χ0n) is 12.6. The molecule has 1 N–H and O–H groups in total. The number of ether oxygens (including phenoxy) is 1. The van der Waals surface area contributed by atoms with Crippen molar-refractivity contribution >= 4 is 28.5 Å². The van der Waals surface area contributed by atoms with Crippen molar-refractivity contribution in [3.63, 3.8) is 0 Å². The molecule has 6 heteroatoms. The summed E-state index contributed by atoms with van der Waals surface area (Å²) in [7, 11) is 1.75. The summed E-state index contributed by atoms with van der Waals surface area (Å²) in [6.07, 6.45) is 1.61. The minimum Gasteiger partial charge on any atom is -0.490 e. The van der Waals surface area contributed by atoms with Gasteiger partial charge in [-0.2, -0.15) is 0 Å². The van der Waals surface area contributed by atoms with Crippen molar-refractivity contribution < 1.29 is 9.53 Å². The maximum absolute atomic E-state index is 12.4. The molecule has 0 atom stereocenters. The number of halogens is 1. The lowest BCUT2D eigenvalue weighted by Crippen LogP contribution is -2.30. The number of amides is 1. The van der Waals surface area contributed by atoms with Crippen molar-refractivity contribution in [3.05, 3.63) is 59.4 Å². The van der Waals surface area contributed by atoms with Gasteiger partial charge >= 0.3 is 0 Å². The summed E-state index contributed by atoms with van der Waals surface area (Å²) in [5, 5.41) is 0.561. The number of benzene rings is 2. The van der Waals surface area contributed by atoms with E-state index in [-0.39, 0.29) is 5.91 Å². The summed E-state index contributed by atoms with van der Waals surface area (Å²) in [6, 6.07) is 12.7. The second-order valence-corrected chi connectivity index (χ2v) is 5.55. The summed E-state index contributed by atoms with van der Waals surface area (Å²) in [6.45, 7) is 0.837. The Kier molecular flexibility index (Phi) is 4.48. The van der Waals surface area contributed by atoms with E-state index in [2.05, 4.69) is 9.97 Å². The van der Waals surface area contributed by atoms with Crippen LogP contribution in [-0.2, 0) is 0 Å². The van der Waals surface area contributed by atoms with Gasteiger partial charge in [0, 0.05) is 12.6 Å². The lowest BCUT2D eigenvalue weighted by molar-refractivity contribution is 0.0774. The van der Waals surface area contributed by atoms with Crippen molar-refractivity contribution in [2.45, 2.75) is 0 Å². The summed E-state index contributed by atoms with van der Waals surface area (Å²) in [4.78, 5) is 21.2. The number of aromatic amines is 1. The predicted molar refractivity (Wildman–Crippen MR) is 90.0 cm³/mol. The van der Waals surface area contributed by atoms with E-state index in [9.17, 15) is 4.79 Å². The van der Waals surface area contributed by atoms with Crippen LogP contribution in [0.1, 0.15) is 10.4 Å². The van der Waals surface area contributed by atoms with Crippen LogP contribution in [0.2, 0.25) is 5.02 Å². The van der Waals surface area contributed by atoms with E-state index in [0.717, 1.165) is 11.0 Å². The Balaban J connectivity index is 1.60. The first kappa shape index (κ1) is 15.4. The lowest BCUT2D eigenvalue weighted by atomic mass is 10.2. The van der Waals surface area contributed by atoms with E-state index < -0.39 is 0 Å². The molecule has 2 aromatic carbocycles. The fourth-order valence-electron chi connectivity index (χ4n) is 2.24. The van der Waals surface area contributed by atoms with Crippen molar-refractivity contribution in [1.29, 1.82) is 0 Å². The smallest absolute Gasteiger partial charge is 0.253 e. The fraction of sp³-hybridized carbons (Fsp3) is 0.176. The third-order valence-corrected chi connectivity index (χ3v) is 3.85. The van der Waals surface area contributed by atoms with Crippen molar-refractivity contribution in [1.82, 2.24) is 14.9 Å². The summed E-state index contributed by atoms with van der Waals surface area (Å²) < 4.78 is 5.61. The number of hydrogen-bond donors (Lipinski definition) is 1. The molecule has 0 saturated heterocycles. The Labute approximate surface area is 138 Å². The third kappa shape index (κ3) is 3.46. The minimum atomic E-state index is -0.0655. The molecule has 5 nitrogen and oxygen atoms in total. The number of H-pyrrole nitrogens is 1. The number of hydrogen-bond acceptors (Lipinski definition) is 3. The molecule has 3 aromatic rings. The van der Waals surface area contributed by atoms with Crippen LogP contribution in [-0.4, -0.2) is 41.0 Å². The van der Waals surface area contributed by atoms with E-state index in [1.54, 1.807) is 42.5 Å². The monoisotopic (exact) mass is 329 g/mol. The van der Waals surface area contributed by atoms with Crippen LogP contribution in [0.4, 0.5) is 0 Å². The number of fused-ring (bicyclic) bond motifs is 1. The van der Waals surface area contributed by atoms with Crippen molar-refractivity contribution in [3.8, 4) is 5.75 Å². The average Bonchev–Trinajstić information content (AvgIpc) is 3.03. The Morgan fingerprint density at radius 1 is 1.30 bits per heavy atom. The molecule has 0 spiro atoms. The highest BCUT2D eigenvalue weighted by Gasteiger charge is 2.13. The van der Waals surface area contributed by atoms with E-state index in [1.165, 1.54) is 0 Å². The summed E-state index contributed by atoms with van der Waals surface area (Å²) >= 11 is 6.03. The molecule has 23 heavy (non-hydrogen) atoms. The normalized spacial score (nSPS) is 10.7. The first-order chi connectivity index (χ1) is 11.1. The zero-order valence-corrected chi connectivity index (χ0v) is 13.4. The molecule has 1 aromatic heterocycles. The standard InChI is InChI=1S/C17H16ClN3O2/c1-21(8-9-23-16-5-3-2-4-13(16)18)17(22)12-6-7-14-15(10-12)20-11-19-14/h2-7,10-11H,8-9H2,1H3,(H,19,20). The molecular weight excluding hydrogens is 314 g/mol. The van der Waals surface area contributed by atoms with Gasteiger partial charge in [-0.3, -0.25) is 4.79 Å². The summed E-state index contributed by atoms with van der Waals surface area (Å²) in [5.74, 6) is 0.554. The molecule has 118 valence electrons. The number of nitrogens with zero attached hydrogens (tertiary/aromatic N) is 2. The zero-order chi connectivity index (χ0) is 16.2. The van der Waals surface area contributed by atoms with Crippen LogP contribution in [0.15, 0.2) is 48.8 Å². The van der Waals surface area contributed by atoms with Gasteiger partial charge in [0.15, 0.2) is 0 Å². The summed E-state index contributed by atoms with van der Waals surface area (Å²) in [5.41, 5.74) is 2.30. The first-order valence-electron chi connectivity index (χ1n) is 7.21. The number of carbonyl (C=O) groups is 1. The molecule has 0 radical (unpaired) electrons. The molecule has 0 aliphatic rings. The van der Waals surface area contributed by atoms with Crippen molar-refractivity contribution in [2.24, 2.45) is 0 Å². The van der Waals surface area contributed by atoms with Gasteiger partial charge in [0.1, 0.15) is 12.4 Å². The van der Waals surface area contributed by atoms with Crippen LogP contribution in [0.5, 0.6) is 5.75 Å². The van der Waals surface area contributed by atoms with Gasteiger partial charge in [0.2, 0.25) is 0 Å². The van der Waals surface area contributed by atoms with Gasteiger partial charge in [-0.05, 0) is 30.3 Å². The predicted octanol–water partition coefficient (Wildman–Crippen LogP) is 3.37. The highest BCUT2D eigenvalue weighted by Crippen LogP contribution is 2.22. The first-order valence-corrected chi connectivity index (χ1v) is 7.59. The largest absolute Gasteiger partial charge is 0.490 e. The molecule has 1 heterocycles. The number of likely N-dealkylation sites (N-methyl/N-ethyl adjacent to an activating group) is 1. The van der Waals surface area contributed by atoms with Crippen LogP contribution >= 0.6 is 11.6 Å². The fourth-order valence-corrected chi connectivity index (χ4v) is 2.44. The van der Waals surface area contributed by atoms with Crippen LogP contribution < -0.4 is 4.74 Å². The maximum atomic E-state index is 12.4. The van der Waals surface area contributed by atoms with Gasteiger partial charge in [0.05, 0.1) is 28.9 Å². The quantitative estimate of drug-likeness (QED) is 0.780. The second-order valence-electron chi connectivity index (χ2n) is 5.14. The molecular formula is C17H16ClN3O2. The number of nitrogens with one attached hydrogen (secondary N) is 1. The van der Waals surface area contributed by atoms with Crippen LogP contribution in [0.25, 0.3) is 11.0 Å². The molecule has 0 saturated carbocycles. The van der Waals surface area contributed by atoms with Gasteiger partial charge in [-0.15, -0.1) is 0 Å². The van der Waals surface area contributed by atoms with E-state index in [1.807, 2.05) is 18.2 Å². The molecule has 0 aliphatic carbocycles. The van der Waals surface area contributed by atoms with Crippen LogP contribution in [0.3, 0.4) is 0 Å². The van der Waals surface area contributed by atoms with Crippen molar-refractivity contribution in [2.75, 3.05) is 20.2 Å². The SMILES string of the molecule is CN(CCOc1ccccc1Cl)C(=O)c1ccc2nc[nH]c2c1. The molecule has 1 amide bonds. The van der Waals surface area contributed by atoms with E-state index in [0.29, 0.717) is 29.5 Å². The minimum absolute atomic E-state index is 0.0655. The molecule has 0 unspecified atom stereocenters. The Morgan fingerprint density at radius 2 is 2.13 bits per heavy atom. The van der Waals surface area contributed by atoms with E-state index >= 15 is 0 Å². The maximum Gasteiger partial charge on any atom is 0.253 e. The van der Waals surface area contributed by atoms with Gasteiger partial charge < -0.3 is 14.6 Å².